The molecule has 214 valence electrons. The molecule has 40 heavy (non-hydrogen) atoms. The van der Waals surface area contributed by atoms with Gasteiger partial charge in [-0.3, -0.25) is 14.5 Å². The minimum Gasteiger partial charge on any atom is -0.497 e. The van der Waals surface area contributed by atoms with E-state index in [0.29, 0.717) is 29.6 Å². The van der Waals surface area contributed by atoms with Crippen molar-refractivity contribution in [2.45, 2.75) is 44.8 Å². The smallest absolute Gasteiger partial charge is 0.240 e. The van der Waals surface area contributed by atoms with Crippen molar-refractivity contribution in [3.63, 3.8) is 0 Å². The van der Waals surface area contributed by atoms with Gasteiger partial charge in [-0.15, -0.1) is 11.8 Å². The largest absolute Gasteiger partial charge is 0.497 e. The molecule has 1 N–H and O–H groups in total. The molecule has 0 radical (unpaired) electrons. The van der Waals surface area contributed by atoms with Crippen molar-refractivity contribution in [1.29, 1.82) is 0 Å². The fraction of sp³-hybridized carbons (Fsp3) is 0.433. The number of anilines is 1. The lowest BCUT2D eigenvalue weighted by Gasteiger charge is -2.25. The number of carbonyl (C=O) groups excluding carboxylic acids is 2. The summed E-state index contributed by atoms with van der Waals surface area (Å²) in [6.07, 6.45) is 0.802. The van der Waals surface area contributed by atoms with Crippen LogP contribution in [0.15, 0.2) is 42.5 Å². The van der Waals surface area contributed by atoms with E-state index >= 15 is 0 Å². The van der Waals surface area contributed by atoms with Gasteiger partial charge in [-0.2, -0.15) is 5.10 Å². The summed E-state index contributed by atoms with van der Waals surface area (Å²) in [6.45, 7) is 8.72. The van der Waals surface area contributed by atoms with Crippen LogP contribution in [0.1, 0.15) is 56.2 Å². The molecule has 0 spiro atoms. The zero-order valence-electron chi connectivity index (χ0n) is 24.2. The Balaban J connectivity index is 2.03. The first kappa shape index (κ1) is 29.3. The highest BCUT2D eigenvalue weighted by molar-refractivity contribution is 8.00. The number of aromatic nitrogens is 2. The molecule has 1 aromatic heterocycles. The topological polar surface area (TPSA) is 94.9 Å². The van der Waals surface area contributed by atoms with Crippen molar-refractivity contribution in [3.8, 4) is 22.9 Å². The first-order chi connectivity index (χ1) is 19.1. The van der Waals surface area contributed by atoms with E-state index in [1.54, 1.807) is 30.9 Å². The Labute approximate surface area is 240 Å². The maximum absolute atomic E-state index is 13.8. The van der Waals surface area contributed by atoms with E-state index in [9.17, 15) is 9.59 Å². The number of carbonyl (C=O) groups is 2. The summed E-state index contributed by atoms with van der Waals surface area (Å²) in [5.74, 6) is 2.44. The van der Waals surface area contributed by atoms with E-state index < -0.39 is 0 Å². The number of hydrogen-bond acceptors (Lipinski definition) is 7. The van der Waals surface area contributed by atoms with Gasteiger partial charge in [-0.05, 0) is 48.9 Å². The highest BCUT2D eigenvalue weighted by atomic mass is 32.2. The zero-order valence-corrected chi connectivity index (χ0v) is 25.1. The fourth-order valence-electron chi connectivity index (χ4n) is 4.73. The van der Waals surface area contributed by atoms with Crippen molar-refractivity contribution < 1.29 is 23.8 Å². The first-order valence-corrected chi connectivity index (χ1v) is 14.4. The summed E-state index contributed by atoms with van der Waals surface area (Å²) in [5.41, 5.74) is 2.94. The number of ether oxygens (including phenoxy) is 3. The summed E-state index contributed by atoms with van der Waals surface area (Å²) in [7, 11) is 4.87. The van der Waals surface area contributed by atoms with Crippen molar-refractivity contribution in [1.82, 2.24) is 15.1 Å². The average molecular weight is 567 g/mol. The fourth-order valence-corrected chi connectivity index (χ4v) is 5.94. The average Bonchev–Trinajstić information content (AvgIpc) is 3.29. The van der Waals surface area contributed by atoms with Gasteiger partial charge < -0.3 is 19.5 Å². The number of benzene rings is 2. The molecule has 2 amide bonds. The summed E-state index contributed by atoms with van der Waals surface area (Å²) < 4.78 is 18.5. The highest BCUT2D eigenvalue weighted by Crippen LogP contribution is 2.51. The maximum atomic E-state index is 13.8. The molecule has 1 aliphatic rings. The van der Waals surface area contributed by atoms with Crippen LogP contribution in [-0.2, 0) is 15.0 Å². The number of nitrogens with one attached hydrogen (secondary N) is 1. The molecule has 0 aliphatic carbocycles. The SMILES string of the molecule is CCCNC(=O)CN1C(=O)CSC(c2cc(OC)ccc2OC)c2c(C(C)(C)C)nn(-c3ccc(OC)cc3)c21. The number of nitrogens with zero attached hydrogens (tertiary/aromatic N) is 3. The Morgan fingerprint density at radius 2 is 1.73 bits per heavy atom. The summed E-state index contributed by atoms with van der Waals surface area (Å²) in [5, 5.41) is 7.73. The quantitative estimate of drug-likeness (QED) is 0.394. The molecule has 9 nitrogen and oxygen atoms in total. The predicted octanol–water partition coefficient (Wildman–Crippen LogP) is 4.89. The Bertz CT molecular complexity index is 1360. The van der Waals surface area contributed by atoms with Crippen LogP contribution in [0.4, 0.5) is 5.82 Å². The van der Waals surface area contributed by atoms with Crippen molar-refractivity contribution in [2.24, 2.45) is 0 Å². The lowest BCUT2D eigenvalue weighted by atomic mass is 9.87. The number of thioether (sulfide) groups is 1. The maximum Gasteiger partial charge on any atom is 0.240 e. The molecule has 2 heterocycles. The zero-order chi connectivity index (χ0) is 29.0. The third-order valence-electron chi connectivity index (χ3n) is 6.71. The molecule has 10 heteroatoms. The Hall–Kier alpha value is -3.66. The molecule has 2 aromatic carbocycles. The van der Waals surface area contributed by atoms with Crippen LogP contribution in [0.25, 0.3) is 5.69 Å². The van der Waals surface area contributed by atoms with E-state index in [-0.39, 0.29) is 34.8 Å². The minimum atomic E-state index is -0.379. The van der Waals surface area contributed by atoms with Crippen LogP contribution in [0.2, 0.25) is 0 Å². The second-order valence-electron chi connectivity index (χ2n) is 10.6. The van der Waals surface area contributed by atoms with Crippen molar-refractivity contribution in [3.05, 3.63) is 59.3 Å². The third kappa shape index (κ3) is 5.91. The van der Waals surface area contributed by atoms with Gasteiger partial charge >= 0.3 is 0 Å². The monoisotopic (exact) mass is 566 g/mol. The summed E-state index contributed by atoms with van der Waals surface area (Å²) >= 11 is 1.50. The molecule has 1 atom stereocenters. The summed E-state index contributed by atoms with van der Waals surface area (Å²) in [6, 6.07) is 13.2. The van der Waals surface area contributed by atoms with E-state index in [1.165, 1.54) is 11.8 Å². The third-order valence-corrected chi connectivity index (χ3v) is 7.95. The van der Waals surface area contributed by atoms with Crippen LogP contribution in [-0.4, -0.2) is 61.8 Å². The lowest BCUT2D eigenvalue weighted by molar-refractivity contribution is -0.122. The first-order valence-electron chi connectivity index (χ1n) is 13.3. The number of methoxy groups -OCH3 is 3. The van der Waals surface area contributed by atoms with Gasteiger partial charge in [0.25, 0.3) is 0 Å². The molecule has 0 fully saturated rings. The second kappa shape index (κ2) is 12.2. The van der Waals surface area contributed by atoms with E-state index in [4.69, 9.17) is 19.3 Å². The molecule has 1 aliphatic heterocycles. The molecule has 0 bridgehead atoms. The number of hydrogen-bond donors (Lipinski definition) is 1. The van der Waals surface area contributed by atoms with Crippen LogP contribution in [0, 0.1) is 0 Å². The molecular formula is C30H38N4O5S. The van der Waals surface area contributed by atoms with E-state index in [0.717, 1.165) is 28.9 Å². The van der Waals surface area contributed by atoms with Gasteiger partial charge in [0.05, 0.1) is 43.7 Å². The summed E-state index contributed by atoms with van der Waals surface area (Å²) in [4.78, 5) is 28.4. The molecular weight excluding hydrogens is 528 g/mol. The van der Waals surface area contributed by atoms with Crippen LogP contribution < -0.4 is 24.4 Å². The van der Waals surface area contributed by atoms with Crippen LogP contribution in [0.3, 0.4) is 0 Å². The van der Waals surface area contributed by atoms with Crippen LogP contribution in [0.5, 0.6) is 17.2 Å². The van der Waals surface area contributed by atoms with E-state index in [1.807, 2.05) is 49.4 Å². The van der Waals surface area contributed by atoms with Gasteiger partial charge in [0.15, 0.2) is 0 Å². The molecule has 1 unspecified atom stereocenters. The Kier molecular flexibility index (Phi) is 8.98. The lowest BCUT2D eigenvalue weighted by Crippen LogP contribution is -2.42. The Morgan fingerprint density at radius 3 is 2.33 bits per heavy atom. The predicted molar refractivity (Wildman–Crippen MR) is 158 cm³/mol. The normalized spacial score (nSPS) is 15.3. The van der Waals surface area contributed by atoms with Gasteiger partial charge in [-0.25, -0.2) is 4.68 Å². The van der Waals surface area contributed by atoms with Crippen molar-refractivity contribution in [2.75, 3.05) is 45.1 Å². The molecule has 0 saturated heterocycles. The van der Waals surface area contributed by atoms with Crippen LogP contribution >= 0.6 is 11.8 Å². The number of fused-ring (bicyclic) bond motifs is 1. The minimum absolute atomic E-state index is 0.111. The number of amides is 2. The number of rotatable bonds is 9. The Morgan fingerprint density at radius 1 is 1.05 bits per heavy atom. The molecule has 0 saturated carbocycles. The van der Waals surface area contributed by atoms with Gasteiger partial charge in [0.2, 0.25) is 11.8 Å². The highest BCUT2D eigenvalue weighted by Gasteiger charge is 2.40. The standard InChI is InChI=1S/C30H38N4O5S/c1-8-15-31-24(35)17-33-25(36)18-40-27(22-16-21(38-6)13-14-23(22)39-7)26-28(30(2,3)4)32-34(29(26)33)19-9-11-20(37-5)12-10-19/h9-14,16,27H,8,15,17-18H2,1-7H3,(H,31,35). The van der Waals surface area contributed by atoms with Gasteiger partial charge in [0, 0.05) is 23.1 Å². The van der Waals surface area contributed by atoms with Gasteiger partial charge in [0.1, 0.15) is 29.6 Å². The van der Waals surface area contributed by atoms with Crippen molar-refractivity contribution >= 4 is 29.4 Å². The van der Waals surface area contributed by atoms with E-state index in [2.05, 4.69) is 26.1 Å². The molecule has 4 rings (SSSR count). The molecule has 3 aromatic rings. The van der Waals surface area contributed by atoms with Gasteiger partial charge in [-0.1, -0.05) is 27.7 Å². The second-order valence-corrected chi connectivity index (χ2v) is 11.7.